The van der Waals surface area contributed by atoms with Crippen LogP contribution in [0.15, 0.2) is 40.2 Å². The van der Waals surface area contributed by atoms with Crippen LogP contribution in [0.1, 0.15) is 13.3 Å². The first kappa shape index (κ1) is 21.9. The van der Waals surface area contributed by atoms with Crippen molar-refractivity contribution in [3.63, 3.8) is 0 Å². The Bertz CT molecular complexity index is 982. The smallest absolute Gasteiger partial charge is 0.362 e. The number of nitrogens with zero attached hydrogens (tertiary/aromatic N) is 2. The molecule has 11 heteroatoms. The SMILES string of the molecule is CCC(Nc1c(-c2ccc(S(C)(=O)=O)cc2)cnn(CC(F)(F)F)c1=O)OC. The van der Waals surface area contributed by atoms with E-state index >= 15 is 0 Å². The van der Waals surface area contributed by atoms with Gasteiger partial charge in [0.2, 0.25) is 0 Å². The number of anilines is 1. The van der Waals surface area contributed by atoms with Crippen molar-refractivity contribution in [1.82, 2.24) is 9.78 Å². The van der Waals surface area contributed by atoms with Gasteiger partial charge in [-0.15, -0.1) is 0 Å². The number of hydrogen-bond donors (Lipinski definition) is 1. The van der Waals surface area contributed by atoms with Crippen LogP contribution in [0.4, 0.5) is 18.9 Å². The van der Waals surface area contributed by atoms with E-state index < -0.39 is 34.3 Å². The molecule has 0 fully saturated rings. The molecule has 0 saturated carbocycles. The molecule has 0 spiro atoms. The molecular weight excluding hydrogens is 399 g/mol. The van der Waals surface area contributed by atoms with Gasteiger partial charge >= 0.3 is 6.18 Å². The van der Waals surface area contributed by atoms with Crippen LogP contribution in [0.2, 0.25) is 0 Å². The first-order valence-corrected chi connectivity index (χ1v) is 10.1. The number of hydrogen-bond acceptors (Lipinski definition) is 6. The Kier molecular flexibility index (Phi) is 6.50. The topological polar surface area (TPSA) is 90.3 Å². The van der Waals surface area contributed by atoms with E-state index in [-0.39, 0.29) is 16.1 Å². The number of nitrogens with one attached hydrogen (secondary N) is 1. The molecule has 154 valence electrons. The molecule has 2 rings (SSSR count). The number of sulfone groups is 1. The zero-order valence-electron chi connectivity index (χ0n) is 15.4. The van der Waals surface area contributed by atoms with Crippen molar-refractivity contribution in [1.29, 1.82) is 0 Å². The monoisotopic (exact) mass is 419 g/mol. The van der Waals surface area contributed by atoms with Gasteiger partial charge in [-0.1, -0.05) is 19.1 Å². The van der Waals surface area contributed by atoms with Crippen LogP contribution < -0.4 is 10.9 Å². The Labute approximate surface area is 160 Å². The molecule has 0 bridgehead atoms. The molecule has 0 radical (unpaired) electrons. The quantitative estimate of drug-likeness (QED) is 0.694. The highest BCUT2D eigenvalue weighted by Gasteiger charge is 2.30. The Balaban J connectivity index is 2.59. The predicted octanol–water partition coefficient (Wildman–Crippen LogP) is 2.67. The van der Waals surface area contributed by atoms with Crippen molar-refractivity contribution in [2.45, 2.75) is 37.2 Å². The summed E-state index contributed by atoms with van der Waals surface area (Å²) >= 11 is 0. The van der Waals surface area contributed by atoms with Crippen LogP contribution in [0, 0.1) is 0 Å². The van der Waals surface area contributed by atoms with E-state index in [1.165, 1.54) is 31.4 Å². The number of rotatable bonds is 7. The average molecular weight is 419 g/mol. The number of halogens is 3. The van der Waals surface area contributed by atoms with E-state index in [1.54, 1.807) is 6.92 Å². The number of ether oxygens (including phenoxy) is 1. The lowest BCUT2D eigenvalue weighted by Crippen LogP contribution is -2.34. The minimum absolute atomic E-state index is 0.0764. The summed E-state index contributed by atoms with van der Waals surface area (Å²) in [7, 11) is -2.02. The fraction of sp³-hybridized carbons (Fsp3) is 0.412. The molecule has 0 saturated heterocycles. The van der Waals surface area contributed by atoms with Gasteiger partial charge in [0.25, 0.3) is 5.56 Å². The third-order valence-corrected chi connectivity index (χ3v) is 5.06. The normalized spacial score (nSPS) is 13.4. The van der Waals surface area contributed by atoms with Gasteiger partial charge in [-0.05, 0) is 24.1 Å². The van der Waals surface area contributed by atoms with Gasteiger partial charge in [-0.2, -0.15) is 18.3 Å². The van der Waals surface area contributed by atoms with E-state index in [4.69, 9.17) is 4.74 Å². The predicted molar refractivity (Wildman–Crippen MR) is 97.8 cm³/mol. The fourth-order valence-corrected chi connectivity index (χ4v) is 3.13. The van der Waals surface area contributed by atoms with Gasteiger partial charge in [0, 0.05) is 18.9 Å². The number of methoxy groups -OCH3 is 1. The van der Waals surface area contributed by atoms with Gasteiger partial charge < -0.3 is 10.1 Å². The second-order valence-corrected chi connectivity index (χ2v) is 8.10. The van der Waals surface area contributed by atoms with Crippen LogP contribution in [-0.2, 0) is 21.1 Å². The van der Waals surface area contributed by atoms with Crippen molar-refractivity contribution in [3.05, 3.63) is 40.8 Å². The molecule has 7 nitrogen and oxygen atoms in total. The first-order chi connectivity index (χ1) is 13.0. The van der Waals surface area contributed by atoms with Crippen LogP contribution in [0.5, 0.6) is 0 Å². The molecule has 1 aromatic carbocycles. The van der Waals surface area contributed by atoms with Gasteiger partial charge in [0.1, 0.15) is 18.5 Å². The standard InChI is InChI=1S/C17H20F3N3O4S/c1-4-14(27-2)22-15-13(9-21-23(16(15)24)10-17(18,19)20)11-5-7-12(8-6-11)28(3,25)26/h5-9,14,22H,4,10H2,1-3H3. The largest absolute Gasteiger partial charge is 0.408 e. The molecule has 1 heterocycles. The summed E-state index contributed by atoms with van der Waals surface area (Å²) in [5.74, 6) is 0. The first-order valence-electron chi connectivity index (χ1n) is 8.23. The van der Waals surface area contributed by atoms with Crippen molar-refractivity contribution in [2.75, 3.05) is 18.7 Å². The molecule has 28 heavy (non-hydrogen) atoms. The minimum Gasteiger partial charge on any atom is -0.362 e. The van der Waals surface area contributed by atoms with Crippen molar-refractivity contribution >= 4 is 15.5 Å². The zero-order chi connectivity index (χ0) is 21.1. The lowest BCUT2D eigenvalue weighted by Gasteiger charge is -2.20. The second kappa shape index (κ2) is 8.31. The van der Waals surface area contributed by atoms with Gasteiger partial charge in [-0.3, -0.25) is 4.79 Å². The molecule has 1 atom stereocenters. The van der Waals surface area contributed by atoms with Gasteiger partial charge in [-0.25, -0.2) is 13.1 Å². The number of aromatic nitrogens is 2. The maximum atomic E-state index is 12.7. The lowest BCUT2D eigenvalue weighted by atomic mass is 10.1. The Morgan fingerprint density at radius 3 is 2.32 bits per heavy atom. The summed E-state index contributed by atoms with van der Waals surface area (Å²) in [6.45, 7) is 0.245. The molecule has 1 aromatic heterocycles. The van der Waals surface area contributed by atoms with E-state index in [0.29, 0.717) is 16.7 Å². The highest BCUT2D eigenvalue weighted by Crippen LogP contribution is 2.27. The molecule has 0 aliphatic carbocycles. The number of benzene rings is 1. The fourth-order valence-electron chi connectivity index (χ4n) is 2.50. The Hall–Kier alpha value is -2.40. The average Bonchev–Trinajstić information content (AvgIpc) is 2.60. The van der Waals surface area contributed by atoms with E-state index in [0.717, 1.165) is 12.5 Å². The Morgan fingerprint density at radius 1 is 1.25 bits per heavy atom. The van der Waals surface area contributed by atoms with Crippen molar-refractivity contribution in [2.24, 2.45) is 0 Å². The summed E-state index contributed by atoms with van der Waals surface area (Å²) < 4.78 is 66.9. The van der Waals surface area contributed by atoms with E-state index in [2.05, 4.69) is 10.4 Å². The van der Waals surface area contributed by atoms with Crippen molar-refractivity contribution < 1.29 is 26.3 Å². The minimum atomic E-state index is -4.61. The Morgan fingerprint density at radius 2 is 1.86 bits per heavy atom. The molecule has 0 aliphatic rings. The van der Waals surface area contributed by atoms with E-state index in [9.17, 15) is 26.4 Å². The highest BCUT2D eigenvalue weighted by atomic mass is 32.2. The summed E-state index contributed by atoms with van der Waals surface area (Å²) in [6, 6.07) is 5.62. The molecule has 1 N–H and O–H groups in total. The van der Waals surface area contributed by atoms with Crippen LogP contribution in [-0.4, -0.2) is 44.0 Å². The molecule has 1 unspecified atom stereocenters. The molecule has 0 aliphatic heterocycles. The third-order valence-electron chi connectivity index (χ3n) is 3.93. The van der Waals surface area contributed by atoms with Crippen LogP contribution in [0.25, 0.3) is 11.1 Å². The van der Waals surface area contributed by atoms with Crippen molar-refractivity contribution in [3.8, 4) is 11.1 Å². The highest BCUT2D eigenvalue weighted by molar-refractivity contribution is 7.90. The summed E-state index contributed by atoms with van der Waals surface area (Å²) in [5.41, 5.74) is -0.416. The summed E-state index contributed by atoms with van der Waals surface area (Å²) in [4.78, 5) is 12.7. The van der Waals surface area contributed by atoms with Crippen LogP contribution >= 0.6 is 0 Å². The van der Waals surface area contributed by atoms with Crippen LogP contribution in [0.3, 0.4) is 0 Å². The maximum absolute atomic E-state index is 12.7. The summed E-state index contributed by atoms with van der Waals surface area (Å²) in [6.07, 6.45) is -2.59. The second-order valence-electron chi connectivity index (χ2n) is 6.08. The maximum Gasteiger partial charge on any atom is 0.408 e. The summed E-state index contributed by atoms with van der Waals surface area (Å²) in [5, 5.41) is 6.42. The van der Waals surface area contributed by atoms with Gasteiger partial charge in [0.05, 0.1) is 11.1 Å². The zero-order valence-corrected chi connectivity index (χ0v) is 16.3. The molecule has 0 amide bonds. The lowest BCUT2D eigenvalue weighted by molar-refractivity contribution is -0.143. The van der Waals surface area contributed by atoms with Gasteiger partial charge in [0.15, 0.2) is 9.84 Å². The molecule has 2 aromatic rings. The number of alkyl halides is 3. The van der Waals surface area contributed by atoms with E-state index in [1.807, 2.05) is 0 Å². The third kappa shape index (κ3) is 5.32. The molecular formula is C17H20F3N3O4S.